The average Bonchev–Trinajstić information content (AvgIpc) is 2.41. The Kier molecular flexibility index (Phi) is 6.16. The summed E-state index contributed by atoms with van der Waals surface area (Å²) in [5.74, 6) is 0.653. The molecular formula is C18H22ClNS. The van der Waals surface area contributed by atoms with Crippen molar-refractivity contribution in [3.63, 3.8) is 0 Å². The van der Waals surface area contributed by atoms with E-state index in [4.69, 9.17) is 11.6 Å². The van der Waals surface area contributed by atoms with Crippen LogP contribution in [0.4, 0.5) is 0 Å². The third kappa shape index (κ3) is 5.39. The Morgan fingerprint density at radius 1 is 1.10 bits per heavy atom. The van der Waals surface area contributed by atoms with Gasteiger partial charge in [0.05, 0.1) is 0 Å². The Balaban J connectivity index is 2.01. The van der Waals surface area contributed by atoms with Crippen LogP contribution in [0.5, 0.6) is 0 Å². The number of hydrogen-bond acceptors (Lipinski definition) is 2. The van der Waals surface area contributed by atoms with Crippen LogP contribution in [0.1, 0.15) is 25.0 Å². The average molecular weight is 320 g/mol. The molecule has 0 heterocycles. The van der Waals surface area contributed by atoms with E-state index >= 15 is 0 Å². The third-order valence-electron chi connectivity index (χ3n) is 3.12. The van der Waals surface area contributed by atoms with Gasteiger partial charge in [0, 0.05) is 21.4 Å². The summed E-state index contributed by atoms with van der Waals surface area (Å²) in [5.41, 5.74) is 2.44. The van der Waals surface area contributed by atoms with Crippen LogP contribution in [0.3, 0.4) is 0 Å². The van der Waals surface area contributed by atoms with E-state index in [1.165, 1.54) is 15.4 Å². The first-order chi connectivity index (χ1) is 10.0. The molecule has 0 atom stereocenters. The molecule has 0 radical (unpaired) electrons. The lowest BCUT2D eigenvalue weighted by Gasteiger charge is -2.10. The van der Waals surface area contributed by atoms with E-state index in [0.717, 1.165) is 23.7 Å². The van der Waals surface area contributed by atoms with Crippen molar-refractivity contribution < 1.29 is 0 Å². The first kappa shape index (κ1) is 16.4. The molecule has 3 heteroatoms. The molecule has 0 aliphatic carbocycles. The maximum atomic E-state index is 6.39. The van der Waals surface area contributed by atoms with Gasteiger partial charge in [-0.25, -0.2) is 0 Å². The summed E-state index contributed by atoms with van der Waals surface area (Å²) in [5, 5.41) is 4.26. The molecule has 0 aliphatic heterocycles. The van der Waals surface area contributed by atoms with E-state index in [-0.39, 0.29) is 0 Å². The highest BCUT2D eigenvalue weighted by Gasteiger charge is 2.04. The van der Waals surface area contributed by atoms with Crippen LogP contribution >= 0.6 is 23.4 Å². The Morgan fingerprint density at radius 2 is 1.86 bits per heavy atom. The second-order valence-electron chi connectivity index (χ2n) is 5.70. The maximum absolute atomic E-state index is 6.39. The first-order valence-corrected chi connectivity index (χ1v) is 8.47. The third-order valence-corrected chi connectivity index (χ3v) is 4.45. The van der Waals surface area contributed by atoms with Crippen molar-refractivity contribution >= 4 is 23.4 Å². The van der Waals surface area contributed by atoms with Crippen LogP contribution in [0, 0.1) is 12.8 Å². The van der Waals surface area contributed by atoms with Gasteiger partial charge < -0.3 is 5.32 Å². The molecule has 0 unspecified atom stereocenters. The van der Waals surface area contributed by atoms with E-state index in [1.54, 1.807) is 11.8 Å². The molecule has 1 nitrogen and oxygen atoms in total. The predicted octanol–water partition coefficient (Wildman–Crippen LogP) is 5.55. The van der Waals surface area contributed by atoms with Crippen LogP contribution in [0.2, 0.25) is 5.02 Å². The van der Waals surface area contributed by atoms with Crippen molar-refractivity contribution in [3.05, 3.63) is 58.6 Å². The van der Waals surface area contributed by atoms with E-state index in [1.807, 2.05) is 0 Å². The molecule has 2 aromatic carbocycles. The normalized spacial score (nSPS) is 11.1. The van der Waals surface area contributed by atoms with E-state index < -0.39 is 0 Å². The van der Waals surface area contributed by atoms with E-state index in [2.05, 4.69) is 68.6 Å². The summed E-state index contributed by atoms with van der Waals surface area (Å²) < 4.78 is 0. The topological polar surface area (TPSA) is 12.0 Å². The molecule has 0 spiro atoms. The summed E-state index contributed by atoms with van der Waals surface area (Å²) in [4.78, 5) is 2.43. The monoisotopic (exact) mass is 319 g/mol. The molecule has 2 rings (SSSR count). The molecule has 0 aromatic heterocycles. The van der Waals surface area contributed by atoms with Gasteiger partial charge in [-0.15, -0.1) is 0 Å². The minimum atomic E-state index is 0.653. The zero-order chi connectivity index (χ0) is 15.2. The lowest BCUT2D eigenvalue weighted by Crippen LogP contribution is -2.19. The summed E-state index contributed by atoms with van der Waals surface area (Å²) in [6, 6.07) is 14.8. The minimum absolute atomic E-state index is 0.653. The molecule has 0 saturated heterocycles. The number of hydrogen-bond donors (Lipinski definition) is 1. The Labute approximate surface area is 137 Å². The van der Waals surface area contributed by atoms with Crippen molar-refractivity contribution in [1.82, 2.24) is 5.32 Å². The highest BCUT2D eigenvalue weighted by Crippen LogP contribution is 2.31. The first-order valence-electron chi connectivity index (χ1n) is 7.28. The molecule has 0 saturated carbocycles. The highest BCUT2D eigenvalue weighted by molar-refractivity contribution is 7.99. The number of nitrogens with one attached hydrogen (secondary N) is 1. The highest BCUT2D eigenvalue weighted by atomic mass is 35.5. The second-order valence-corrected chi connectivity index (χ2v) is 7.25. The Morgan fingerprint density at radius 3 is 2.52 bits per heavy atom. The van der Waals surface area contributed by atoms with Gasteiger partial charge in [0.2, 0.25) is 0 Å². The van der Waals surface area contributed by atoms with Crippen LogP contribution in [-0.4, -0.2) is 6.54 Å². The largest absolute Gasteiger partial charge is 0.312 e. The van der Waals surface area contributed by atoms with Crippen molar-refractivity contribution in [2.45, 2.75) is 37.1 Å². The van der Waals surface area contributed by atoms with Crippen molar-refractivity contribution in [1.29, 1.82) is 0 Å². The van der Waals surface area contributed by atoms with Crippen LogP contribution in [0.15, 0.2) is 52.3 Å². The van der Waals surface area contributed by atoms with Gasteiger partial charge in [0.25, 0.3) is 0 Å². The second kappa shape index (κ2) is 7.88. The molecule has 0 aliphatic rings. The molecule has 2 aromatic rings. The summed E-state index contributed by atoms with van der Waals surface area (Å²) in [6.07, 6.45) is 0. The Bertz CT molecular complexity index is 596. The zero-order valence-electron chi connectivity index (χ0n) is 12.8. The van der Waals surface area contributed by atoms with Crippen molar-refractivity contribution in [2.75, 3.05) is 6.54 Å². The Hall–Kier alpha value is -0.960. The lowest BCUT2D eigenvalue weighted by atomic mass is 10.2. The standard InChI is InChI=1S/C18H22ClNS/c1-13(2)11-20-12-15-7-8-17(10-18(15)19)21-16-6-4-5-14(3)9-16/h4-10,13,20H,11-12H2,1-3H3. The van der Waals surface area contributed by atoms with Crippen molar-refractivity contribution in [2.24, 2.45) is 5.92 Å². The number of halogens is 1. The van der Waals surface area contributed by atoms with Crippen LogP contribution < -0.4 is 5.32 Å². The van der Waals surface area contributed by atoms with Gasteiger partial charge in [0.15, 0.2) is 0 Å². The van der Waals surface area contributed by atoms with Gasteiger partial charge >= 0.3 is 0 Å². The maximum Gasteiger partial charge on any atom is 0.0462 e. The lowest BCUT2D eigenvalue weighted by molar-refractivity contribution is 0.552. The van der Waals surface area contributed by atoms with E-state index in [0.29, 0.717) is 5.92 Å². The summed E-state index contributed by atoms with van der Waals surface area (Å²) >= 11 is 8.14. The minimum Gasteiger partial charge on any atom is -0.312 e. The fourth-order valence-electron chi connectivity index (χ4n) is 2.05. The SMILES string of the molecule is Cc1cccc(Sc2ccc(CNCC(C)C)c(Cl)c2)c1. The number of rotatable bonds is 6. The predicted molar refractivity (Wildman–Crippen MR) is 93.3 cm³/mol. The number of aryl methyl sites for hydroxylation is 1. The molecule has 21 heavy (non-hydrogen) atoms. The quantitative estimate of drug-likeness (QED) is 0.749. The fraction of sp³-hybridized carbons (Fsp3) is 0.333. The summed E-state index contributed by atoms with van der Waals surface area (Å²) in [7, 11) is 0. The van der Waals surface area contributed by atoms with Gasteiger partial charge in [-0.2, -0.15) is 0 Å². The number of benzene rings is 2. The molecule has 0 amide bonds. The van der Waals surface area contributed by atoms with Gasteiger partial charge in [-0.05, 0) is 49.2 Å². The van der Waals surface area contributed by atoms with Crippen LogP contribution in [0.25, 0.3) is 0 Å². The fourth-order valence-corrected chi connectivity index (χ4v) is 3.33. The van der Waals surface area contributed by atoms with Crippen LogP contribution in [-0.2, 0) is 6.54 Å². The molecule has 112 valence electrons. The molecule has 1 N–H and O–H groups in total. The van der Waals surface area contributed by atoms with Gasteiger partial charge in [0.1, 0.15) is 0 Å². The van der Waals surface area contributed by atoms with Gasteiger partial charge in [-0.1, -0.05) is 61.0 Å². The van der Waals surface area contributed by atoms with Crippen molar-refractivity contribution in [3.8, 4) is 0 Å². The molecule has 0 bridgehead atoms. The summed E-state index contributed by atoms with van der Waals surface area (Å²) in [6.45, 7) is 8.36. The smallest absolute Gasteiger partial charge is 0.0462 e. The zero-order valence-corrected chi connectivity index (χ0v) is 14.4. The van der Waals surface area contributed by atoms with Gasteiger partial charge in [-0.3, -0.25) is 0 Å². The van der Waals surface area contributed by atoms with E-state index in [9.17, 15) is 0 Å². The molecule has 0 fully saturated rings. The molecular weight excluding hydrogens is 298 g/mol.